The summed E-state index contributed by atoms with van der Waals surface area (Å²) in [5.41, 5.74) is 3.29. The van der Waals surface area contributed by atoms with Crippen molar-refractivity contribution in [3.63, 3.8) is 0 Å². The summed E-state index contributed by atoms with van der Waals surface area (Å²) in [5, 5.41) is 2.91. The maximum atomic E-state index is 11.1. The van der Waals surface area contributed by atoms with Crippen molar-refractivity contribution in [2.75, 3.05) is 5.32 Å². The van der Waals surface area contributed by atoms with Crippen LogP contribution in [-0.2, 0) is 10.2 Å². The monoisotopic (exact) mass is 205 g/mol. The zero-order valence-corrected chi connectivity index (χ0v) is 10.1. The highest BCUT2D eigenvalue weighted by Gasteiger charge is 2.19. The number of aryl methyl sites for hydroxylation is 1. The van der Waals surface area contributed by atoms with Crippen molar-refractivity contribution in [2.24, 2.45) is 0 Å². The molecule has 0 unspecified atom stereocenters. The smallest absolute Gasteiger partial charge is 0.221 e. The number of nitrogens with one attached hydrogen (secondary N) is 1. The minimum Gasteiger partial charge on any atom is -0.326 e. The summed E-state index contributed by atoms with van der Waals surface area (Å²) in [4.78, 5) is 11.1. The molecule has 0 spiro atoms. The first-order valence-corrected chi connectivity index (χ1v) is 5.20. The third-order valence-corrected chi connectivity index (χ3v) is 2.38. The standard InChI is InChI=1S/C13H19NO/c1-9-7-6-8-11(13(3,4)5)12(9)14-10(2)15/h6-8H,1-5H3,(H,14,15). The number of anilines is 1. The lowest BCUT2D eigenvalue weighted by molar-refractivity contribution is -0.114. The van der Waals surface area contributed by atoms with Crippen molar-refractivity contribution < 1.29 is 4.79 Å². The van der Waals surface area contributed by atoms with Crippen LogP contribution in [0, 0.1) is 6.92 Å². The second-order valence-electron chi connectivity index (χ2n) is 4.93. The number of hydrogen-bond donors (Lipinski definition) is 1. The Morgan fingerprint density at radius 2 is 1.87 bits per heavy atom. The maximum Gasteiger partial charge on any atom is 0.221 e. The number of benzene rings is 1. The van der Waals surface area contributed by atoms with Gasteiger partial charge in [-0.15, -0.1) is 0 Å². The first kappa shape index (κ1) is 11.8. The fraction of sp³-hybridized carbons (Fsp3) is 0.462. The van der Waals surface area contributed by atoms with E-state index in [-0.39, 0.29) is 11.3 Å². The Labute approximate surface area is 91.7 Å². The second-order valence-corrected chi connectivity index (χ2v) is 4.93. The Morgan fingerprint density at radius 1 is 1.27 bits per heavy atom. The summed E-state index contributed by atoms with van der Waals surface area (Å²) in [6.07, 6.45) is 0. The Hall–Kier alpha value is -1.31. The van der Waals surface area contributed by atoms with Crippen LogP contribution in [0.4, 0.5) is 5.69 Å². The van der Waals surface area contributed by atoms with Crippen LogP contribution in [0.3, 0.4) is 0 Å². The van der Waals surface area contributed by atoms with E-state index in [1.807, 2.05) is 19.1 Å². The number of carbonyl (C=O) groups excluding carboxylic acids is 1. The quantitative estimate of drug-likeness (QED) is 0.749. The van der Waals surface area contributed by atoms with E-state index in [0.29, 0.717) is 0 Å². The molecule has 82 valence electrons. The molecule has 1 amide bonds. The van der Waals surface area contributed by atoms with E-state index >= 15 is 0 Å². The van der Waals surface area contributed by atoms with Gasteiger partial charge in [0.25, 0.3) is 0 Å². The summed E-state index contributed by atoms with van der Waals surface area (Å²) in [7, 11) is 0. The van der Waals surface area contributed by atoms with Crippen LogP contribution in [-0.4, -0.2) is 5.91 Å². The number of rotatable bonds is 1. The van der Waals surface area contributed by atoms with Gasteiger partial charge in [-0.05, 0) is 23.5 Å². The minimum absolute atomic E-state index is 0.0187. The van der Waals surface area contributed by atoms with Crippen LogP contribution in [0.5, 0.6) is 0 Å². The molecule has 0 radical (unpaired) electrons. The molecule has 0 aliphatic carbocycles. The van der Waals surface area contributed by atoms with E-state index in [1.165, 1.54) is 5.56 Å². The van der Waals surface area contributed by atoms with Gasteiger partial charge in [0.05, 0.1) is 0 Å². The van der Waals surface area contributed by atoms with Crippen LogP contribution >= 0.6 is 0 Å². The third kappa shape index (κ3) is 2.82. The van der Waals surface area contributed by atoms with Gasteiger partial charge in [-0.3, -0.25) is 4.79 Å². The molecule has 1 aromatic rings. The van der Waals surface area contributed by atoms with Crippen LogP contribution in [0.2, 0.25) is 0 Å². The highest BCUT2D eigenvalue weighted by molar-refractivity contribution is 5.90. The van der Waals surface area contributed by atoms with E-state index in [0.717, 1.165) is 11.3 Å². The van der Waals surface area contributed by atoms with Crippen molar-refractivity contribution >= 4 is 11.6 Å². The molecule has 0 aliphatic rings. The molecular formula is C13H19NO. The fourth-order valence-electron chi connectivity index (χ4n) is 1.63. The Kier molecular flexibility index (Phi) is 3.18. The van der Waals surface area contributed by atoms with Gasteiger partial charge < -0.3 is 5.32 Å². The Morgan fingerprint density at radius 3 is 2.33 bits per heavy atom. The molecule has 0 saturated heterocycles. The summed E-state index contributed by atoms with van der Waals surface area (Å²) >= 11 is 0. The molecule has 0 bridgehead atoms. The molecule has 0 aromatic heterocycles. The van der Waals surface area contributed by atoms with Gasteiger partial charge in [-0.25, -0.2) is 0 Å². The highest BCUT2D eigenvalue weighted by Crippen LogP contribution is 2.31. The number of hydrogen-bond acceptors (Lipinski definition) is 1. The fourth-order valence-corrected chi connectivity index (χ4v) is 1.63. The van der Waals surface area contributed by atoms with Gasteiger partial charge in [0.2, 0.25) is 5.91 Å². The van der Waals surface area contributed by atoms with Gasteiger partial charge in [-0.1, -0.05) is 39.0 Å². The average Bonchev–Trinajstić information content (AvgIpc) is 2.05. The van der Waals surface area contributed by atoms with Gasteiger partial charge in [0.1, 0.15) is 0 Å². The molecule has 0 heterocycles. The molecule has 15 heavy (non-hydrogen) atoms. The van der Waals surface area contributed by atoms with Crippen molar-refractivity contribution in [1.29, 1.82) is 0 Å². The molecule has 0 fully saturated rings. The van der Waals surface area contributed by atoms with Crippen LogP contribution in [0.15, 0.2) is 18.2 Å². The van der Waals surface area contributed by atoms with E-state index in [4.69, 9.17) is 0 Å². The third-order valence-electron chi connectivity index (χ3n) is 2.38. The summed E-state index contributed by atoms with van der Waals surface area (Å²) in [6.45, 7) is 9.99. The van der Waals surface area contributed by atoms with Crippen molar-refractivity contribution in [3.8, 4) is 0 Å². The van der Waals surface area contributed by atoms with E-state index in [1.54, 1.807) is 6.92 Å². The van der Waals surface area contributed by atoms with Crippen molar-refractivity contribution in [1.82, 2.24) is 0 Å². The van der Waals surface area contributed by atoms with E-state index in [2.05, 4.69) is 32.2 Å². The molecule has 2 heteroatoms. The highest BCUT2D eigenvalue weighted by atomic mass is 16.1. The van der Waals surface area contributed by atoms with Gasteiger partial charge in [0.15, 0.2) is 0 Å². The normalized spacial score (nSPS) is 11.3. The molecule has 1 aromatic carbocycles. The van der Waals surface area contributed by atoms with E-state index < -0.39 is 0 Å². The molecular weight excluding hydrogens is 186 g/mol. The molecule has 0 aliphatic heterocycles. The van der Waals surface area contributed by atoms with Crippen LogP contribution in [0.1, 0.15) is 38.8 Å². The van der Waals surface area contributed by atoms with E-state index in [9.17, 15) is 4.79 Å². The first-order chi connectivity index (χ1) is 6.82. The van der Waals surface area contributed by atoms with Crippen molar-refractivity contribution in [2.45, 2.75) is 40.0 Å². The summed E-state index contributed by atoms with van der Waals surface area (Å²) in [6, 6.07) is 6.11. The Balaban J connectivity index is 3.26. The Bertz CT molecular complexity index is 375. The topological polar surface area (TPSA) is 29.1 Å². The first-order valence-electron chi connectivity index (χ1n) is 5.20. The van der Waals surface area contributed by atoms with Gasteiger partial charge in [0, 0.05) is 12.6 Å². The predicted octanol–water partition coefficient (Wildman–Crippen LogP) is 3.25. The number of para-hydroxylation sites is 1. The summed E-state index contributed by atoms with van der Waals surface area (Å²) < 4.78 is 0. The number of amides is 1. The lowest BCUT2D eigenvalue weighted by Crippen LogP contribution is -2.17. The lowest BCUT2D eigenvalue weighted by atomic mass is 9.84. The lowest BCUT2D eigenvalue weighted by Gasteiger charge is -2.24. The largest absolute Gasteiger partial charge is 0.326 e. The van der Waals surface area contributed by atoms with Gasteiger partial charge >= 0.3 is 0 Å². The maximum absolute atomic E-state index is 11.1. The molecule has 0 atom stereocenters. The zero-order valence-electron chi connectivity index (χ0n) is 10.1. The van der Waals surface area contributed by atoms with Gasteiger partial charge in [-0.2, -0.15) is 0 Å². The average molecular weight is 205 g/mol. The molecule has 2 nitrogen and oxygen atoms in total. The molecule has 1 N–H and O–H groups in total. The number of carbonyl (C=O) groups is 1. The van der Waals surface area contributed by atoms with Crippen LogP contribution in [0.25, 0.3) is 0 Å². The molecule has 0 saturated carbocycles. The minimum atomic E-state index is -0.0187. The second kappa shape index (κ2) is 4.05. The molecule has 1 rings (SSSR count). The summed E-state index contributed by atoms with van der Waals surface area (Å²) in [5.74, 6) is -0.0187. The zero-order chi connectivity index (χ0) is 11.6. The SMILES string of the molecule is CC(=O)Nc1c(C)cccc1C(C)(C)C. The van der Waals surface area contributed by atoms with Crippen LogP contribution < -0.4 is 5.32 Å². The van der Waals surface area contributed by atoms with Crippen molar-refractivity contribution in [3.05, 3.63) is 29.3 Å². The predicted molar refractivity (Wildman–Crippen MR) is 64.2 cm³/mol.